The van der Waals surface area contributed by atoms with Crippen LogP contribution < -0.4 is 5.73 Å². The number of hydrogen-bond acceptors (Lipinski definition) is 2. The molecule has 0 saturated carbocycles. The number of likely N-dealkylation sites (tertiary alicyclic amines) is 1. The normalized spacial score (nSPS) is 23.1. The Labute approximate surface area is 93.0 Å². The van der Waals surface area contributed by atoms with Gasteiger partial charge in [-0.05, 0) is 19.3 Å². The van der Waals surface area contributed by atoms with Crippen molar-refractivity contribution in [3.8, 4) is 0 Å². The SMILES string of the molecule is CCCCC(CC)C(=O)N1CC[C@@H](N)C1. The highest BCUT2D eigenvalue weighted by Gasteiger charge is 2.27. The van der Waals surface area contributed by atoms with Gasteiger partial charge in [-0.15, -0.1) is 0 Å². The largest absolute Gasteiger partial charge is 0.341 e. The lowest BCUT2D eigenvalue weighted by molar-refractivity contribution is -0.134. The molecular weight excluding hydrogens is 188 g/mol. The van der Waals surface area contributed by atoms with E-state index in [0.717, 1.165) is 38.8 Å². The molecule has 1 fully saturated rings. The summed E-state index contributed by atoms with van der Waals surface area (Å²) in [6, 6.07) is 0.206. The highest BCUT2D eigenvalue weighted by Crippen LogP contribution is 2.18. The molecule has 1 heterocycles. The molecule has 1 amide bonds. The van der Waals surface area contributed by atoms with Crippen LogP contribution in [0.25, 0.3) is 0 Å². The maximum Gasteiger partial charge on any atom is 0.225 e. The van der Waals surface area contributed by atoms with Crippen molar-refractivity contribution in [2.45, 2.75) is 52.0 Å². The summed E-state index contributed by atoms with van der Waals surface area (Å²) in [7, 11) is 0. The fraction of sp³-hybridized carbons (Fsp3) is 0.917. The summed E-state index contributed by atoms with van der Waals surface area (Å²) in [5.74, 6) is 0.564. The summed E-state index contributed by atoms with van der Waals surface area (Å²) in [6.45, 7) is 5.90. The third kappa shape index (κ3) is 3.49. The van der Waals surface area contributed by atoms with E-state index in [-0.39, 0.29) is 12.0 Å². The first kappa shape index (κ1) is 12.5. The van der Waals surface area contributed by atoms with Gasteiger partial charge in [-0.1, -0.05) is 26.7 Å². The van der Waals surface area contributed by atoms with Gasteiger partial charge in [-0.25, -0.2) is 0 Å². The number of carbonyl (C=O) groups excluding carboxylic acids is 1. The van der Waals surface area contributed by atoms with Gasteiger partial charge in [0.15, 0.2) is 0 Å². The average molecular weight is 212 g/mol. The highest BCUT2D eigenvalue weighted by molar-refractivity contribution is 5.79. The lowest BCUT2D eigenvalue weighted by Crippen LogP contribution is -2.36. The highest BCUT2D eigenvalue weighted by atomic mass is 16.2. The van der Waals surface area contributed by atoms with Gasteiger partial charge in [-0.2, -0.15) is 0 Å². The number of nitrogens with two attached hydrogens (primary N) is 1. The van der Waals surface area contributed by atoms with Crippen LogP contribution in [0.4, 0.5) is 0 Å². The number of carbonyl (C=O) groups is 1. The lowest BCUT2D eigenvalue weighted by Gasteiger charge is -2.22. The Kier molecular flexibility index (Phi) is 5.09. The Morgan fingerprint density at radius 2 is 2.27 bits per heavy atom. The van der Waals surface area contributed by atoms with Crippen LogP contribution in [0.2, 0.25) is 0 Å². The predicted octanol–water partition coefficient (Wildman–Crippen LogP) is 1.76. The molecule has 0 aromatic rings. The van der Waals surface area contributed by atoms with Crippen molar-refractivity contribution < 1.29 is 4.79 Å². The molecule has 0 spiro atoms. The van der Waals surface area contributed by atoms with Crippen LogP contribution in [0.5, 0.6) is 0 Å². The van der Waals surface area contributed by atoms with Crippen LogP contribution in [0.3, 0.4) is 0 Å². The van der Waals surface area contributed by atoms with Crippen molar-refractivity contribution >= 4 is 5.91 Å². The van der Waals surface area contributed by atoms with E-state index in [1.54, 1.807) is 0 Å². The quantitative estimate of drug-likeness (QED) is 0.755. The lowest BCUT2D eigenvalue weighted by atomic mass is 9.98. The minimum atomic E-state index is 0.206. The maximum atomic E-state index is 12.1. The summed E-state index contributed by atoms with van der Waals surface area (Å²) in [5.41, 5.74) is 5.81. The molecule has 0 bridgehead atoms. The van der Waals surface area contributed by atoms with E-state index < -0.39 is 0 Å². The van der Waals surface area contributed by atoms with Crippen LogP contribution in [-0.4, -0.2) is 29.9 Å². The summed E-state index contributed by atoms with van der Waals surface area (Å²) in [4.78, 5) is 14.1. The zero-order valence-corrected chi connectivity index (χ0v) is 10.0. The van der Waals surface area contributed by atoms with Gasteiger partial charge in [0.1, 0.15) is 0 Å². The second-order valence-corrected chi connectivity index (χ2v) is 4.58. The fourth-order valence-corrected chi connectivity index (χ4v) is 2.20. The molecule has 0 aromatic carbocycles. The summed E-state index contributed by atoms with van der Waals surface area (Å²) in [5, 5.41) is 0. The van der Waals surface area contributed by atoms with Gasteiger partial charge in [0.05, 0.1) is 0 Å². The van der Waals surface area contributed by atoms with Gasteiger partial charge >= 0.3 is 0 Å². The molecule has 3 nitrogen and oxygen atoms in total. The van der Waals surface area contributed by atoms with Gasteiger partial charge in [0.2, 0.25) is 5.91 Å². The molecule has 3 heteroatoms. The summed E-state index contributed by atoms with van der Waals surface area (Å²) < 4.78 is 0. The monoisotopic (exact) mass is 212 g/mol. The van der Waals surface area contributed by atoms with Crippen molar-refractivity contribution in [3.63, 3.8) is 0 Å². The zero-order valence-electron chi connectivity index (χ0n) is 10.0. The van der Waals surface area contributed by atoms with Crippen molar-refractivity contribution in [1.29, 1.82) is 0 Å². The minimum Gasteiger partial charge on any atom is -0.341 e. The van der Waals surface area contributed by atoms with Gasteiger partial charge in [0, 0.05) is 25.0 Å². The van der Waals surface area contributed by atoms with Crippen molar-refractivity contribution in [1.82, 2.24) is 4.90 Å². The van der Waals surface area contributed by atoms with Gasteiger partial charge in [0.25, 0.3) is 0 Å². The first-order valence-corrected chi connectivity index (χ1v) is 6.23. The van der Waals surface area contributed by atoms with Gasteiger partial charge in [-0.3, -0.25) is 4.79 Å². The van der Waals surface area contributed by atoms with E-state index in [4.69, 9.17) is 5.73 Å². The second-order valence-electron chi connectivity index (χ2n) is 4.58. The van der Waals surface area contributed by atoms with E-state index in [9.17, 15) is 4.79 Å². The minimum absolute atomic E-state index is 0.206. The first-order valence-electron chi connectivity index (χ1n) is 6.23. The van der Waals surface area contributed by atoms with Crippen molar-refractivity contribution in [3.05, 3.63) is 0 Å². The first-order chi connectivity index (χ1) is 7.19. The van der Waals surface area contributed by atoms with Crippen molar-refractivity contribution in [2.75, 3.05) is 13.1 Å². The number of amides is 1. The molecule has 15 heavy (non-hydrogen) atoms. The number of unbranched alkanes of at least 4 members (excludes halogenated alkanes) is 1. The molecule has 1 aliphatic rings. The predicted molar refractivity (Wildman–Crippen MR) is 62.5 cm³/mol. The smallest absolute Gasteiger partial charge is 0.225 e. The topological polar surface area (TPSA) is 46.3 Å². The van der Waals surface area contributed by atoms with E-state index >= 15 is 0 Å². The van der Waals surface area contributed by atoms with E-state index in [1.807, 2.05) is 4.90 Å². The second kappa shape index (κ2) is 6.11. The van der Waals surface area contributed by atoms with Crippen LogP contribution in [0.1, 0.15) is 46.0 Å². The summed E-state index contributed by atoms with van der Waals surface area (Å²) >= 11 is 0. The van der Waals surface area contributed by atoms with Crippen LogP contribution in [0.15, 0.2) is 0 Å². The Morgan fingerprint density at radius 3 is 2.73 bits per heavy atom. The Hall–Kier alpha value is -0.570. The maximum absolute atomic E-state index is 12.1. The van der Waals surface area contributed by atoms with Crippen LogP contribution in [0, 0.1) is 5.92 Å². The Bertz CT molecular complexity index is 206. The molecule has 0 radical (unpaired) electrons. The molecule has 88 valence electrons. The molecule has 1 aliphatic heterocycles. The third-order valence-electron chi connectivity index (χ3n) is 3.28. The van der Waals surface area contributed by atoms with Crippen LogP contribution in [-0.2, 0) is 4.79 Å². The Morgan fingerprint density at radius 1 is 1.53 bits per heavy atom. The fourth-order valence-electron chi connectivity index (χ4n) is 2.20. The van der Waals surface area contributed by atoms with Crippen molar-refractivity contribution in [2.24, 2.45) is 11.7 Å². The number of hydrogen-bond donors (Lipinski definition) is 1. The summed E-state index contributed by atoms with van der Waals surface area (Å²) in [6.07, 6.45) is 5.30. The van der Waals surface area contributed by atoms with E-state index in [2.05, 4.69) is 13.8 Å². The molecule has 1 rings (SSSR count). The van der Waals surface area contributed by atoms with E-state index in [0.29, 0.717) is 5.91 Å². The molecule has 2 atom stereocenters. The molecule has 1 unspecified atom stereocenters. The standard InChI is InChI=1S/C12H24N2O/c1-3-5-6-10(4-2)12(15)14-8-7-11(13)9-14/h10-11H,3-9,13H2,1-2H3/t10?,11-/m1/s1. The zero-order chi connectivity index (χ0) is 11.3. The Balaban J connectivity index is 2.42. The molecule has 1 saturated heterocycles. The third-order valence-corrected chi connectivity index (χ3v) is 3.28. The molecule has 2 N–H and O–H groups in total. The number of rotatable bonds is 5. The van der Waals surface area contributed by atoms with Crippen LogP contribution >= 0.6 is 0 Å². The van der Waals surface area contributed by atoms with Gasteiger partial charge < -0.3 is 10.6 Å². The average Bonchev–Trinajstić information content (AvgIpc) is 2.65. The molecule has 0 aliphatic carbocycles. The van der Waals surface area contributed by atoms with E-state index in [1.165, 1.54) is 6.42 Å². The molecule has 0 aromatic heterocycles. The molecular formula is C12H24N2O. The number of nitrogens with zero attached hydrogens (tertiary/aromatic N) is 1.